The number of piperidine rings is 1. The van der Waals surface area contributed by atoms with E-state index in [2.05, 4.69) is 22.5 Å². The molecule has 1 aliphatic heterocycles. The number of carbonyl (C=O) groups is 1. The highest BCUT2D eigenvalue weighted by atomic mass is 16.2. The average Bonchev–Trinajstić information content (AvgIpc) is 2.38. The Kier molecular flexibility index (Phi) is 8.01. The molecule has 0 aromatic carbocycles. The normalized spacial score (nSPS) is 17.9. The summed E-state index contributed by atoms with van der Waals surface area (Å²) in [5.41, 5.74) is 0. The van der Waals surface area contributed by atoms with E-state index in [0.29, 0.717) is 6.54 Å². The molecule has 1 amide bonds. The quantitative estimate of drug-likeness (QED) is 0.641. The van der Waals surface area contributed by atoms with Gasteiger partial charge in [-0.1, -0.05) is 13.3 Å². The number of hydrogen-bond acceptors (Lipinski definition) is 3. The number of carbonyl (C=O) groups excluding carboxylic acids is 1. The summed E-state index contributed by atoms with van der Waals surface area (Å²) in [4.78, 5) is 14.0. The molecular formula is C14H29N3O. The van der Waals surface area contributed by atoms with Crippen molar-refractivity contribution in [3.05, 3.63) is 0 Å². The van der Waals surface area contributed by atoms with Gasteiger partial charge in [-0.25, -0.2) is 0 Å². The molecular weight excluding hydrogens is 226 g/mol. The summed E-state index contributed by atoms with van der Waals surface area (Å²) in [5, 5.41) is 6.20. The maximum Gasteiger partial charge on any atom is 0.234 e. The van der Waals surface area contributed by atoms with Crippen LogP contribution in [0, 0.1) is 5.92 Å². The minimum atomic E-state index is 0.192. The van der Waals surface area contributed by atoms with Crippen molar-refractivity contribution in [2.75, 3.05) is 39.8 Å². The van der Waals surface area contributed by atoms with Crippen molar-refractivity contribution in [2.45, 2.75) is 39.0 Å². The van der Waals surface area contributed by atoms with Crippen LogP contribution in [0.5, 0.6) is 0 Å². The molecule has 1 rings (SSSR count). The van der Waals surface area contributed by atoms with E-state index in [1.54, 1.807) is 0 Å². The van der Waals surface area contributed by atoms with Crippen LogP contribution in [-0.4, -0.2) is 50.6 Å². The summed E-state index contributed by atoms with van der Waals surface area (Å²) in [7, 11) is 2.01. The highest BCUT2D eigenvalue weighted by Crippen LogP contribution is 2.19. The van der Waals surface area contributed by atoms with Gasteiger partial charge in [0.15, 0.2) is 0 Å². The number of rotatable bonds is 8. The zero-order chi connectivity index (χ0) is 13.2. The van der Waals surface area contributed by atoms with Crippen LogP contribution in [0.2, 0.25) is 0 Å². The van der Waals surface area contributed by atoms with E-state index in [1.165, 1.54) is 19.3 Å². The molecule has 0 aliphatic carbocycles. The number of unbranched alkanes of at least 4 members (excludes halogenated alkanes) is 1. The van der Waals surface area contributed by atoms with E-state index >= 15 is 0 Å². The monoisotopic (exact) mass is 255 g/mol. The molecule has 0 atom stereocenters. The lowest BCUT2D eigenvalue weighted by molar-refractivity contribution is -0.122. The van der Waals surface area contributed by atoms with Gasteiger partial charge in [-0.2, -0.15) is 0 Å². The molecule has 1 aliphatic rings. The summed E-state index contributed by atoms with van der Waals surface area (Å²) in [5.74, 6) is 1.04. The molecule has 2 N–H and O–H groups in total. The molecule has 0 radical (unpaired) electrons. The zero-order valence-electron chi connectivity index (χ0n) is 12.0. The van der Waals surface area contributed by atoms with Crippen LogP contribution in [0.4, 0.5) is 0 Å². The molecule has 106 valence electrons. The van der Waals surface area contributed by atoms with E-state index in [-0.39, 0.29) is 5.91 Å². The first-order valence-electron chi connectivity index (χ1n) is 7.40. The zero-order valence-corrected chi connectivity index (χ0v) is 12.0. The van der Waals surface area contributed by atoms with Crippen molar-refractivity contribution in [1.29, 1.82) is 0 Å². The number of amides is 1. The summed E-state index contributed by atoms with van der Waals surface area (Å²) in [6, 6.07) is 0. The topological polar surface area (TPSA) is 44.4 Å². The van der Waals surface area contributed by atoms with Gasteiger partial charge in [0.2, 0.25) is 5.91 Å². The Morgan fingerprint density at radius 3 is 2.61 bits per heavy atom. The standard InChI is InChI=1S/C14H29N3O/c1-3-4-8-16-14(18)12-17-10-6-13(7-11-17)5-9-15-2/h13,15H,3-12H2,1-2H3,(H,16,18). The third-order valence-corrected chi connectivity index (χ3v) is 3.73. The molecule has 1 fully saturated rings. The summed E-state index contributed by atoms with van der Waals surface area (Å²) >= 11 is 0. The molecule has 4 heteroatoms. The van der Waals surface area contributed by atoms with Gasteiger partial charge in [-0.15, -0.1) is 0 Å². The largest absolute Gasteiger partial charge is 0.355 e. The van der Waals surface area contributed by atoms with Gasteiger partial charge < -0.3 is 10.6 Å². The third kappa shape index (κ3) is 6.36. The van der Waals surface area contributed by atoms with Crippen LogP contribution < -0.4 is 10.6 Å². The minimum Gasteiger partial charge on any atom is -0.355 e. The first-order valence-corrected chi connectivity index (χ1v) is 7.40. The van der Waals surface area contributed by atoms with Crippen molar-refractivity contribution < 1.29 is 4.79 Å². The average molecular weight is 255 g/mol. The van der Waals surface area contributed by atoms with Crippen LogP contribution >= 0.6 is 0 Å². The third-order valence-electron chi connectivity index (χ3n) is 3.73. The summed E-state index contributed by atoms with van der Waals surface area (Å²) in [6.07, 6.45) is 5.97. The van der Waals surface area contributed by atoms with Crippen molar-refractivity contribution in [2.24, 2.45) is 5.92 Å². The SMILES string of the molecule is CCCCNC(=O)CN1CCC(CCNC)CC1. The van der Waals surface area contributed by atoms with Crippen LogP contribution in [0.3, 0.4) is 0 Å². The highest BCUT2D eigenvalue weighted by molar-refractivity contribution is 5.77. The molecule has 0 bridgehead atoms. The Bertz CT molecular complexity index is 225. The van der Waals surface area contributed by atoms with Crippen LogP contribution in [0.25, 0.3) is 0 Å². The van der Waals surface area contributed by atoms with Crippen molar-refractivity contribution in [1.82, 2.24) is 15.5 Å². The van der Waals surface area contributed by atoms with Gasteiger partial charge in [-0.3, -0.25) is 9.69 Å². The summed E-state index contributed by atoms with van der Waals surface area (Å²) in [6.45, 7) is 6.83. The second kappa shape index (κ2) is 9.34. The van der Waals surface area contributed by atoms with Gasteiger partial charge in [0.1, 0.15) is 0 Å². The lowest BCUT2D eigenvalue weighted by Crippen LogP contribution is -2.42. The Morgan fingerprint density at radius 1 is 1.28 bits per heavy atom. The van der Waals surface area contributed by atoms with E-state index in [9.17, 15) is 4.79 Å². The number of likely N-dealkylation sites (tertiary alicyclic amines) is 1. The van der Waals surface area contributed by atoms with Crippen LogP contribution in [0.1, 0.15) is 39.0 Å². The van der Waals surface area contributed by atoms with Crippen molar-refractivity contribution in [3.8, 4) is 0 Å². The van der Waals surface area contributed by atoms with Gasteiger partial charge in [0, 0.05) is 6.54 Å². The Hall–Kier alpha value is -0.610. The van der Waals surface area contributed by atoms with Gasteiger partial charge in [0.25, 0.3) is 0 Å². The number of nitrogens with one attached hydrogen (secondary N) is 2. The predicted molar refractivity (Wildman–Crippen MR) is 75.6 cm³/mol. The Balaban J connectivity index is 2.09. The van der Waals surface area contributed by atoms with Gasteiger partial charge >= 0.3 is 0 Å². The first-order chi connectivity index (χ1) is 8.76. The smallest absolute Gasteiger partial charge is 0.234 e. The van der Waals surface area contributed by atoms with Gasteiger partial charge in [0.05, 0.1) is 6.54 Å². The fourth-order valence-electron chi connectivity index (χ4n) is 2.45. The van der Waals surface area contributed by atoms with Crippen molar-refractivity contribution in [3.63, 3.8) is 0 Å². The predicted octanol–water partition coefficient (Wildman–Crippen LogP) is 1.22. The van der Waals surface area contributed by atoms with Gasteiger partial charge in [-0.05, 0) is 58.3 Å². The van der Waals surface area contributed by atoms with E-state index in [0.717, 1.165) is 44.9 Å². The number of nitrogens with zero attached hydrogens (tertiary/aromatic N) is 1. The molecule has 4 nitrogen and oxygen atoms in total. The Labute approximate surface area is 111 Å². The maximum absolute atomic E-state index is 11.7. The molecule has 18 heavy (non-hydrogen) atoms. The highest BCUT2D eigenvalue weighted by Gasteiger charge is 2.20. The van der Waals surface area contributed by atoms with E-state index < -0.39 is 0 Å². The molecule has 1 heterocycles. The second-order valence-corrected chi connectivity index (χ2v) is 5.32. The summed E-state index contributed by atoms with van der Waals surface area (Å²) < 4.78 is 0. The molecule has 0 aromatic heterocycles. The maximum atomic E-state index is 11.7. The first kappa shape index (κ1) is 15.4. The molecule has 0 unspecified atom stereocenters. The number of hydrogen-bond donors (Lipinski definition) is 2. The minimum absolute atomic E-state index is 0.192. The fourth-order valence-corrected chi connectivity index (χ4v) is 2.45. The van der Waals surface area contributed by atoms with E-state index in [1.807, 2.05) is 7.05 Å². The molecule has 1 saturated heterocycles. The lowest BCUT2D eigenvalue weighted by atomic mass is 9.93. The van der Waals surface area contributed by atoms with Crippen LogP contribution in [0.15, 0.2) is 0 Å². The fraction of sp³-hybridized carbons (Fsp3) is 0.929. The second-order valence-electron chi connectivity index (χ2n) is 5.32. The Morgan fingerprint density at radius 2 is 2.00 bits per heavy atom. The van der Waals surface area contributed by atoms with Crippen LogP contribution in [-0.2, 0) is 4.79 Å². The lowest BCUT2D eigenvalue weighted by Gasteiger charge is -2.31. The molecule has 0 spiro atoms. The van der Waals surface area contributed by atoms with E-state index in [4.69, 9.17) is 0 Å². The van der Waals surface area contributed by atoms with Crippen molar-refractivity contribution >= 4 is 5.91 Å². The molecule has 0 saturated carbocycles. The molecule has 0 aromatic rings.